The molecule has 6 heteroatoms. The molecule has 3 rings (SSSR count). The van der Waals surface area contributed by atoms with Crippen LogP contribution in [0.25, 0.3) is 11.0 Å². The molecule has 0 bridgehead atoms. The number of carbonyl (C=O) groups excluding carboxylic acids is 1. The Morgan fingerprint density at radius 2 is 2.30 bits per heavy atom. The summed E-state index contributed by atoms with van der Waals surface area (Å²) in [7, 11) is 1.71. The first-order chi connectivity index (χ1) is 9.69. The zero-order valence-electron chi connectivity index (χ0n) is 11.5. The van der Waals surface area contributed by atoms with Gasteiger partial charge in [-0.1, -0.05) is 0 Å². The Hall–Kier alpha value is -1.92. The van der Waals surface area contributed by atoms with Crippen LogP contribution >= 0.6 is 0 Å². The molecule has 1 aliphatic heterocycles. The van der Waals surface area contributed by atoms with Crippen LogP contribution in [-0.2, 0) is 17.8 Å². The molecule has 6 nitrogen and oxygen atoms in total. The fraction of sp³-hybridized carbons (Fsp3) is 0.429. The van der Waals surface area contributed by atoms with Gasteiger partial charge in [0.05, 0.1) is 24.2 Å². The fourth-order valence-electron chi connectivity index (χ4n) is 2.63. The van der Waals surface area contributed by atoms with Gasteiger partial charge < -0.3 is 15.0 Å². The highest BCUT2D eigenvalue weighted by atomic mass is 16.5. The zero-order chi connectivity index (χ0) is 14.1. The van der Waals surface area contributed by atoms with Crippen LogP contribution in [0.5, 0.6) is 0 Å². The van der Waals surface area contributed by atoms with Gasteiger partial charge in [0.25, 0.3) is 0 Å². The lowest BCUT2D eigenvalue weighted by atomic mass is 10.2. The van der Waals surface area contributed by atoms with Crippen LogP contribution < -0.4 is 5.73 Å². The summed E-state index contributed by atoms with van der Waals surface area (Å²) < 4.78 is 7.33. The van der Waals surface area contributed by atoms with Crippen LogP contribution in [0.2, 0.25) is 0 Å². The number of benzene rings is 1. The number of nitrogens with zero attached hydrogens (tertiary/aromatic N) is 3. The average molecular weight is 274 g/mol. The normalized spacial score (nSPS) is 15.4. The molecule has 0 radical (unpaired) electrons. The summed E-state index contributed by atoms with van der Waals surface area (Å²) in [5, 5.41) is 0. The van der Waals surface area contributed by atoms with Crippen LogP contribution in [0.4, 0.5) is 0 Å². The lowest BCUT2D eigenvalue weighted by molar-refractivity contribution is 0.100. The van der Waals surface area contributed by atoms with Gasteiger partial charge in [-0.2, -0.15) is 0 Å². The average Bonchev–Trinajstić information content (AvgIpc) is 2.81. The Kier molecular flexibility index (Phi) is 3.42. The van der Waals surface area contributed by atoms with Crippen molar-refractivity contribution in [2.45, 2.75) is 13.1 Å². The van der Waals surface area contributed by atoms with E-state index in [4.69, 9.17) is 10.5 Å². The predicted molar refractivity (Wildman–Crippen MR) is 75.4 cm³/mol. The molecule has 106 valence electrons. The highest BCUT2D eigenvalue weighted by molar-refractivity contribution is 5.96. The molecule has 1 amide bonds. The second-order valence-corrected chi connectivity index (χ2v) is 5.02. The third-order valence-electron chi connectivity index (χ3n) is 3.73. The van der Waals surface area contributed by atoms with Crippen molar-refractivity contribution < 1.29 is 9.53 Å². The van der Waals surface area contributed by atoms with Crippen molar-refractivity contribution in [3.05, 3.63) is 29.6 Å². The summed E-state index contributed by atoms with van der Waals surface area (Å²) in [6, 6.07) is 5.45. The van der Waals surface area contributed by atoms with E-state index in [-0.39, 0.29) is 0 Å². The van der Waals surface area contributed by atoms with E-state index in [0.29, 0.717) is 5.56 Å². The Bertz CT molecular complexity index is 650. The number of hydrogen-bond donors (Lipinski definition) is 1. The summed E-state index contributed by atoms with van der Waals surface area (Å²) in [5.74, 6) is 0.614. The van der Waals surface area contributed by atoms with E-state index in [9.17, 15) is 4.79 Å². The highest BCUT2D eigenvalue weighted by Gasteiger charge is 2.20. The van der Waals surface area contributed by atoms with Gasteiger partial charge in [0.2, 0.25) is 5.91 Å². The number of ether oxygens (including phenoxy) is 1. The van der Waals surface area contributed by atoms with Crippen LogP contribution in [-0.4, -0.2) is 47.2 Å². The molecule has 1 aromatic carbocycles. The number of nitrogens with two attached hydrogens (primary N) is 1. The number of methoxy groups -OCH3 is 1. The molecule has 0 fully saturated rings. The summed E-state index contributed by atoms with van der Waals surface area (Å²) >= 11 is 0. The molecule has 0 saturated heterocycles. The van der Waals surface area contributed by atoms with E-state index in [0.717, 1.165) is 49.6 Å². The summed E-state index contributed by atoms with van der Waals surface area (Å²) in [6.07, 6.45) is 0. The van der Waals surface area contributed by atoms with Gasteiger partial charge >= 0.3 is 0 Å². The van der Waals surface area contributed by atoms with E-state index in [1.807, 2.05) is 6.07 Å². The molecule has 1 aromatic heterocycles. The molecule has 0 atom stereocenters. The van der Waals surface area contributed by atoms with Crippen molar-refractivity contribution in [2.75, 3.05) is 26.8 Å². The van der Waals surface area contributed by atoms with Crippen molar-refractivity contribution in [3.63, 3.8) is 0 Å². The van der Waals surface area contributed by atoms with Crippen LogP contribution in [0.3, 0.4) is 0 Å². The molecule has 0 spiro atoms. The van der Waals surface area contributed by atoms with Crippen molar-refractivity contribution >= 4 is 16.9 Å². The monoisotopic (exact) mass is 274 g/mol. The second-order valence-electron chi connectivity index (χ2n) is 5.02. The van der Waals surface area contributed by atoms with Crippen LogP contribution in [0.1, 0.15) is 16.2 Å². The van der Waals surface area contributed by atoms with Gasteiger partial charge in [-0.25, -0.2) is 4.98 Å². The summed E-state index contributed by atoms with van der Waals surface area (Å²) in [6.45, 7) is 4.34. The van der Waals surface area contributed by atoms with Crippen molar-refractivity contribution in [1.82, 2.24) is 14.5 Å². The standard InChI is InChI=1S/C14H18N4O2/c1-20-7-6-17-4-5-18-12-3-2-10(14(15)19)8-11(12)16-13(18)9-17/h2-3,8H,4-7,9H2,1H3,(H2,15,19). The number of aromatic nitrogens is 2. The largest absolute Gasteiger partial charge is 0.383 e. The molecule has 0 aliphatic carbocycles. The highest BCUT2D eigenvalue weighted by Crippen LogP contribution is 2.21. The van der Waals surface area contributed by atoms with Gasteiger partial charge in [0, 0.05) is 32.3 Å². The number of rotatable bonds is 4. The van der Waals surface area contributed by atoms with E-state index in [1.165, 1.54) is 0 Å². The third kappa shape index (κ3) is 2.28. The Morgan fingerprint density at radius 1 is 1.45 bits per heavy atom. The molecule has 2 aromatic rings. The van der Waals surface area contributed by atoms with Crippen LogP contribution in [0, 0.1) is 0 Å². The Balaban J connectivity index is 1.91. The maximum atomic E-state index is 11.2. The molecular weight excluding hydrogens is 256 g/mol. The fourth-order valence-corrected chi connectivity index (χ4v) is 2.63. The van der Waals surface area contributed by atoms with Crippen molar-refractivity contribution in [3.8, 4) is 0 Å². The first-order valence-corrected chi connectivity index (χ1v) is 6.69. The van der Waals surface area contributed by atoms with Gasteiger partial charge in [0.1, 0.15) is 5.82 Å². The van der Waals surface area contributed by atoms with E-state index in [1.54, 1.807) is 19.2 Å². The lowest BCUT2D eigenvalue weighted by Crippen LogP contribution is -2.35. The number of imidazole rings is 1. The quantitative estimate of drug-likeness (QED) is 0.886. The second kappa shape index (κ2) is 5.22. The van der Waals surface area contributed by atoms with Crippen molar-refractivity contribution in [2.24, 2.45) is 5.73 Å². The zero-order valence-corrected chi connectivity index (χ0v) is 11.5. The van der Waals surface area contributed by atoms with E-state index in [2.05, 4.69) is 14.5 Å². The minimum atomic E-state index is -0.417. The van der Waals surface area contributed by atoms with Gasteiger partial charge in [0.15, 0.2) is 0 Å². The summed E-state index contributed by atoms with van der Waals surface area (Å²) in [5.41, 5.74) is 7.72. The van der Waals surface area contributed by atoms with Gasteiger partial charge in [-0.15, -0.1) is 0 Å². The van der Waals surface area contributed by atoms with Crippen molar-refractivity contribution in [1.29, 1.82) is 0 Å². The minimum Gasteiger partial charge on any atom is -0.383 e. The first-order valence-electron chi connectivity index (χ1n) is 6.69. The Labute approximate surface area is 117 Å². The molecule has 0 unspecified atom stereocenters. The molecular formula is C14H18N4O2. The van der Waals surface area contributed by atoms with Gasteiger partial charge in [-0.05, 0) is 18.2 Å². The topological polar surface area (TPSA) is 73.4 Å². The summed E-state index contributed by atoms with van der Waals surface area (Å²) in [4.78, 5) is 18.2. The first kappa shape index (κ1) is 13.1. The smallest absolute Gasteiger partial charge is 0.248 e. The number of primary amides is 1. The molecule has 0 saturated carbocycles. The van der Waals surface area contributed by atoms with Gasteiger partial charge in [-0.3, -0.25) is 9.69 Å². The van der Waals surface area contributed by atoms with E-state index >= 15 is 0 Å². The number of fused-ring (bicyclic) bond motifs is 3. The predicted octanol–water partition coefficient (Wildman–Crippen LogP) is 0.597. The van der Waals surface area contributed by atoms with E-state index < -0.39 is 5.91 Å². The third-order valence-corrected chi connectivity index (χ3v) is 3.73. The maximum absolute atomic E-state index is 11.2. The van der Waals surface area contributed by atoms with Crippen LogP contribution in [0.15, 0.2) is 18.2 Å². The maximum Gasteiger partial charge on any atom is 0.248 e. The molecule has 2 N–H and O–H groups in total. The lowest BCUT2D eigenvalue weighted by Gasteiger charge is -2.27. The number of amides is 1. The Morgan fingerprint density at radius 3 is 3.05 bits per heavy atom. The molecule has 2 heterocycles. The number of carbonyl (C=O) groups is 1. The minimum absolute atomic E-state index is 0.417. The SMILES string of the molecule is COCCN1CCn2c(nc3cc(C(N)=O)ccc32)C1. The number of hydrogen-bond acceptors (Lipinski definition) is 4. The molecule has 1 aliphatic rings. The molecule has 20 heavy (non-hydrogen) atoms.